The summed E-state index contributed by atoms with van der Waals surface area (Å²) in [5.74, 6) is 2.27. The van der Waals surface area contributed by atoms with Gasteiger partial charge < -0.3 is 10.1 Å². The summed E-state index contributed by atoms with van der Waals surface area (Å²) in [5, 5.41) is 3.04. The smallest absolute Gasteiger partial charge is 0.246 e. The van der Waals surface area contributed by atoms with Crippen molar-refractivity contribution in [3.63, 3.8) is 0 Å². The van der Waals surface area contributed by atoms with Crippen LogP contribution in [-0.2, 0) is 16.6 Å². The van der Waals surface area contributed by atoms with Gasteiger partial charge in [-0.3, -0.25) is 0 Å². The molecular formula is C14H22N2O3S2. The standard InChI is InChI=1S/C14H22N2O3S2/c1-15-11-12-4-5-13(19-2)14(10-12)21(17,18)16-6-3-8-20-9-7-16/h4-5,10,15H,3,6-9,11H2,1-2H3. The second kappa shape index (κ2) is 7.49. The molecule has 1 aliphatic heterocycles. The zero-order chi connectivity index (χ0) is 15.3. The van der Waals surface area contributed by atoms with Gasteiger partial charge in [-0.1, -0.05) is 6.07 Å². The minimum Gasteiger partial charge on any atom is -0.495 e. The number of ether oxygens (including phenoxy) is 1. The van der Waals surface area contributed by atoms with Gasteiger partial charge in [0.05, 0.1) is 7.11 Å². The Morgan fingerprint density at radius 1 is 1.33 bits per heavy atom. The van der Waals surface area contributed by atoms with Crippen LogP contribution >= 0.6 is 11.8 Å². The Labute approximate surface area is 131 Å². The third-order valence-electron chi connectivity index (χ3n) is 3.41. The average molecular weight is 330 g/mol. The molecule has 0 bridgehead atoms. The van der Waals surface area contributed by atoms with E-state index in [1.807, 2.05) is 13.1 Å². The Balaban J connectivity index is 2.38. The molecular weight excluding hydrogens is 308 g/mol. The Bertz CT molecular complexity index is 568. The van der Waals surface area contributed by atoms with Gasteiger partial charge >= 0.3 is 0 Å². The largest absolute Gasteiger partial charge is 0.495 e. The van der Waals surface area contributed by atoms with E-state index < -0.39 is 10.0 Å². The molecule has 5 nitrogen and oxygen atoms in total. The molecule has 21 heavy (non-hydrogen) atoms. The molecule has 1 heterocycles. The van der Waals surface area contributed by atoms with Crippen LogP contribution in [0.15, 0.2) is 23.1 Å². The number of methoxy groups -OCH3 is 1. The maximum atomic E-state index is 12.9. The first-order chi connectivity index (χ1) is 10.1. The van der Waals surface area contributed by atoms with Crippen LogP contribution in [0.2, 0.25) is 0 Å². The van der Waals surface area contributed by atoms with E-state index in [2.05, 4.69) is 5.32 Å². The molecule has 0 aromatic heterocycles. The van der Waals surface area contributed by atoms with Gasteiger partial charge in [0.15, 0.2) is 0 Å². The van der Waals surface area contributed by atoms with Gasteiger partial charge in [-0.05, 0) is 36.9 Å². The zero-order valence-corrected chi connectivity index (χ0v) is 14.1. The van der Waals surface area contributed by atoms with E-state index in [0.717, 1.165) is 23.5 Å². The molecule has 1 aliphatic rings. The average Bonchev–Trinajstić information content (AvgIpc) is 2.77. The van der Waals surface area contributed by atoms with Gasteiger partial charge in [0, 0.05) is 25.4 Å². The second-order valence-electron chi connectivity index (χ2n) is 4.89. The van der Waals surface area contributed by atoms with Crippen LogP contribution in [0.25, 0.3) is 0 Å². The Morgan fingerprint density at radius 3 is 2.86 bits per heavy atom. The molecule has 0 spiro atoms. The zero-order valence-electron chi connectivity index (χ0n) is 12.5. The molecule has 0 atom stereocenters. The summed E-state index contributed by atoms with van der Waals surface area (Å²) in [6.07, 6.45) is 0.891. The van der Waals surface area contributed by atoms with Crippen LogP contribution in [0, 0.1) is 0 Å². The lowest BCUT2D eigenvalue weighted by Gasteiger charge is -2.21. The highest BCUT2D eigenvalue weighted by Gasteiger charge is 2.28. The van der Waals surface area contributed by atoms with Gasteiger partial charge in [-0.2, -0.15) is 16.1 Å². The molecule has 118 valence electrons. The van der Waals surface area contributed by atoms with E-state index >= 15 is 0 Å². The lowest BCUT2D eigenvalue weighted by molar-refractivity contribution is 0.393. The topological polar surface area (TPSA) is 58.6 Å². The highest BCUT2D eigenvalue weighted by atomic mass is 32.2. The molecule has 1 N–H and O–H groups in total. The van der Waals surface area contributed by atoms with Crippen LogP contribution in [0.3, 0.4) is 0 Å². The first-order valence-electron chi connectivity index (χ1n) is 6.99. The maximum Gasteiger partial charge on any atom is 0.246 e. The number of benzene rings is 1. The monoisotopic (exact) mass is 330 g/mol. The Kier molecular flexibility index (Phi) is 5.92. The Hall–Kier alpha value is -0.760. The van der Waals surface area contributed by atoms with Crippen molar-refractivity contribution >= 4 is 21.8 Å². The van der Waals surface area contributed by atoms with Crippen molar-refractivity contribution in [3.8, 4) is 5.75 Å². The first kappa shape index (κ1) is 16.6. The van der Waals surface area contributed by atoms with Crippen LogP contribution in [0.4, 0.5) is 0 Å². The lowest BCUT2D eigenvalue weighted by atomic mass is 10.2. The fraction of sp³-hybridized carbons (Fsp3) is 0.571. The number of thioether (sulfide) groups is 1. The van der Waals surface area contributed by atoms with Gasteiger partial charge in [-0.25, -0.2) is 8.42 Å². The van der Waals surface area contributed by atoms with Crippen molar-refractivity contribution in [1.29, 1.82) is 0 Å². The number of sulfonamides is 1. The normalized spacial score (nSPS) is 17.4. The van der Waals surface area contributed by atoms with Crippen molar-refractivity contribution < 1.29 is 13.2 Å². The number of nitrogens with zero attached hydrogens (tertiary/aromatic N) is 1. The molecule has 0 amide bonds. The summed E-state index contributed by atoms with van der Waals surface area (Å²) in [4.78, 5) is 0.268. The summed E-state index contributed by atoms with van der Waals surface area (Å²) in [6.45, 7) is 1.77. The summed E-state index contributed by atoms with van der Waals surface area (Å²) in [6, 6.07) is 5.32. The van der Waals surface area contributed by atoms with Crippen molar-refractivity contribution in [2.24, 2.45) is 0 Å². The number of rotatable bonds is 5. The molecule has 1 aromatic carbocycles. The van der Waals surface area contributed by atoms with Gasteiger partial charge in [0.1, 0.15) is 10.6 Å². The van der Waals surface area contributed by atoms with E-state index in [1.165, 1.54) is 7.11 Å². The quantitative estimate of drug-likeness (QED) is 0.887. The summed E-state index contributed by atoms with van der Waals surface area (Å²) in [5.41, 5.74) is 0.932. The van der Waals surface area contributed by atoms with E-state index in [9.17, 15) is 8.42 Å². The predicted molar refractivity (Wildman–Crippen MR) is 86.5 cm³/mol. The van der Waals surface area contributed by atoms with Crippen LogP contribution < -0.4 is 10.1 Å². The number of hydrogen-bond donors (Lipinski definition) is 1. The van der Waals surface area contributed by atoms with Gasteiger partial charge in [0.25, 0.3) is 0 Å². The fourth-order valence-corrected chi connectivity index (χ4v) is 5.03. The molecule has 7 heteroatoms. The Morgan fingerprint density at radius 2 is 2.14 bits per heavy atom. The lowest BCUT2D eigenvalue weighted by Crippen LogP contribution is -2.33. The summed E-state index contributed by atoms with van der Waals surface area (Å²) in [7, 11) is -0.160. The molecule has 1 fully saturated rings. The van der Waals surface area contributed by atoms with Crippen molar-refractivity contribution in [2.75, 3.05) is 38.8 Å². The molecule has 0 unspecified atom stereocenters. The minimum atomic E-state index is -3.50. The van der Waals surface area contributed by atoms with Crippen LogP contribution in [0.1, 0.15) is 12.0 Å². The highest BCUT2D eigenvalue weighted by molar-refractivity contribution is 7.99. The van der Waals surface area contributed by atoms with E-state index in [1.54, 1.807) is 28.2 Å². The molecule has 1 aromatic rings. The van der Waals surface area contributed by atoms with Crippen LogP contribution in [-0.4, -0.2) is 51.5 Å². The van der Waals surface area contributed by atoms with E-state index in [-0.39, 0.29) is 4.90 Å². The third-order valence-corrected chi connectivity index (χ3v) is 6.38. The molecule has 0 aliphatic carbocycles. The van der Waals surface area contributed by atoms with E-state index in [0.29, 0.717) is 25.4 Å². The molecule has 0 radical (unpaired) electrons. The first-order valence-corrected chi connectivity index (χ1v) is 9.58. The summed E-state index contributed by atoms with van der Waals surface area (Å²) >= 11 is 1.80. The van der Waals surface area contributed by atoms with E-state index in [4.69, 9.17) is 4.74 Å². The van der Waals surface area contributed by atoms with Crippen molar-refractivity contribution in [3.05, 3.63) is 23.8 Å². The van der Waals surface area contributed by atoms with Gasteiger partial charge in [0.2, 0.25) is 10.0 Å². The highest BCUT2D eigenvalue weighted by Crippen LogP contribution is 2.29. The second-order valence-corrected chi connectivity index (χ2v) is 8.02. The summed E-state index contributed by atoms with van der Waals surface area (Å²) < 4.78 is 32.6. The fourth-order valence-electron chi connectivity index (χ4n) is 2.34. The van der Waals surface area contributed by atoms with Crippen LogP contribution in [0.5, 0.6) is 5.75 Å². The maximum absolute atomic E-state index is 12.9. The number of nitrogens with one attached hydrogen (secondary N) is 1. The molecule has 1 saturated heterocycles. The minimum absolute atomic E-state index is 0.268. The molecule has 2 rings (SSSR count). The predicted octanol–water partition coefficient (Wildman–Crippen LogP) is 1.54. The van der Waals surface area contributed by atoms with Gasteiger partial charge in [-0.15, -0.1) is 0 Å². The third kappa shape index (κ3) is 3.91. The molecule has 0 saturated carbocycles. The number of hydrogen-bond acceptors (Lipinski definition) is 5. The van der Waals surface area contributed by atoms with Crippen molar-refractivity contribution in [1.82, 2.24) is 9.62 Å². The SMILES string of the molecule is CNCc1ccc(OC)c(S(=O)(=O)N2CCCSCC2)c1. The van der Waals surface area contributed by atoms with Crippen molar-refractivity contribution in [2.45, 2.75) is 17.9 Å².